The lowest BCUT2D eigenvalue weighted by Crippen LogP contribution is -2.09. The molecule has 0 aliphatic rings. The lowest BCUT2D eigenvalue weighted by molar-refractivity contribution is 0.380. The summed E-state index contributed by atoms with van der Waals surface area (Å²) in [4.78, 5) is 8.10. The zero-order valence-electron chi connectivity index (χ0n) is 10.7. The third-order valence-electron chi connectivity index (χ3n) is 2.67. The van der Waals surface area contributed by atoms with Crippen LogP contribution in [0.5, 0.6) is 6.01 Å². The second kappa shape index (κ2) is 5.75. The maximum Gasteiger partial charge on any atom is 0.318 e. The lowest BCUT2D eigenvalue weighted by atomic mass is 10.1. The molecule has 0 amide bonds. The van der Waals surface area contributed by atoms with Gasteiger partial charge in [0.25, 0.3) is 0 Å². The van der Waals surface area contributed by atoms with Crippen molar-refractivity contribution in [3.05, 3.63) is 41.0 Å². The van der Waals surface area contributed by atoms with Crippen molar-refractivity contribution in [1.29, 1.82) is 0 Å². The number of anilines is 2. The first-order chi connectivity index (χ1) is 9.10. The summed E-state index contributed by atoms with van der Waals surface area (Å²) < 4.78 is 4.98. The van der Waals surface area contributed by atoms with E-state index in [4.69, 9.17) is 22.1 Å². The van der Waals surface area contributed by atoms with Gasteiger partial charge in [0.2, 0.25) is 0 Å². The first kappa shape index (κ1) is 13.4. The van der Waals surface area contributed by atoms with E-state index in [1.54, 1.807) is 0 Å². The highest BCUT2D eigenvalue weighted by atomic mass is 35.5. The van der Waals surface area contributed by atoms with Gasteiger partial charge in [-0.05, 0) is 24.6 Å². The smallest absolute Gasteiger partial charge is 0.318 e. The number of ether oxygens (including phenoxy) is 1. The van der Waals surface area contributed by atoms with Crippen LogP contribution in [0.1, 0.15) is 18.5 Å². The summed E-state index contributed by atoms with van der Waals surface area (Å²) in [6, 6.07) is 7.93. The number of aromatic nitrogens is 2. The van der Waals surface area contributed by atoms with Gasteiger partial charge in [0, 0.05) is 5.69 Å². The topological polar surface area (TPSA) is 73.1 Å². The van der Waals surface area contributed by atoms with E-state index >= 15 is 0 Å². The highest BCUT2D eigenvalue weighted by Crippen LogP contribution is 2.25. The first-order valence-corrected chi connectivity index (χ1v) is 6.16. The predicted octanol–water partition coefficient (Wildman–Crippen LogP) is 2.89. The second-order valence-corrected chi connectivity index (χ2v) is 4.50. The van der Waals surface area contributed by atoms with Crippen molar-refractivity contribution in [2.45, 2.75) is 13.0 Å². The molecule has 6 heteroatoms. The molecule has 0 aliphatic heterocycles. The molecule has 0 saturated carbocycles. The second-order valence-electron chi connectivity index (χ2n) is 4.09. The Bertz CT molecular complexity index is 576. The minimum Gasteiger partial charge on any atom is -0.467 e. The zero-order valence-corrected chi connectivity index (χ0v) is 11.5. The molecule has 1 aromatic carbocycles. The molecular formula is C13H15ClN4O. The number of nitrogens with two attached hydrogens (primary N) is 1. The molecule has 1 unspecified atom stereocenters. The highest BCUT2D eigenvalue weighted by molar-refractivity contribution is 6.32. The van der Waals surface area contributed by atoms with Crippen molar-refractivity contribution in [1.82, 2.24) is 9.97 Å². The molecule has 0 fully saturated rings. The number of hydrogen-bond donors (Lipinski definition) is 2. The summed E-state index contributed by atoms with van der Waals surface area (Å²) in [6.45, 7) is 2.00. The number of nitrogens with one attached hydrogen (secondary N) is 1. The van der Waals surface area contributed by atoms with Crippen LogP contribution >= 0.6 is 11.6 Å². The van der Waals surface area contributed by atoms with Crippen molar-refractivity contribution in [3.8, 4) is 6.01 Å². The van der Waals surface area contributed by atoms with Gasteiger partial charge in [0.05, 0.1) is 19.3 Å². The first-order valence-electron chi connectivity index (χ1n) is 5.78. The number of halogens is 1. The molecule has 1 atom stereocenters. The molecule has 5 nitrogen and oxygen atoms in total. The maximum absolute atomic E-state index is 6.05. The summed E-state index contributed by atoms with van der Waals surface area (Å²) in [5, 5.41) is 3.65. The molecular weight excluding hydrogens is 264 g/mol. The number of nitrogens with zero attached hydrogens (tertiary/aromatic N) is 2. The minimum atomic E-state index is 0.0145. The van der Waals surface area contributed by atoms with Crippen LogP contribution < -0.4 is 15.8 Å². The van der Waals surface area contributed by atoms with Crippen molar-refractivity contribution < 1.29 is 4.74 Å². The van der Waals surface area contributed by atoms with Gasteiger partial charge in [-0.25, -0.2) is 4.98 Å². The molecule has 3 N–H and O–H groups in total. The van der Waals surface area contributed by atoms with Crippen LogP contribution in [0.2, 0.25) is 5.02 Å². The van der Waals surface area contributed by atoms with Crippen LogP contribution in [0.4, 0.5) is 11.5 Å². The van der Waals surface area contributed by atoms with E-state index in [0.29, 0.717) is 10.8 Å². The molecule has 19 heavy (non-hydrogen) atoms. The molecule has 0 saturated heterocycles. The monoisotopic (exact) mass is 278 g/mol. The normalized spacial score (nSPS) is 11.9. The van der Waals surface area contributed by atoms with Gasteiger partial charge < -0.3 is 15.8 Å². The summed E-state index contributed by atoms with van der Waals surface area (Å²) in [5.74, 6) is 0.531. The molecule has 0 bridgehead atoms. The molecule has 0 aliphatic carbocycles. The molecule has 1 heterocycles. The van der Waals surface area contributed by atoms with E-state index in [0.717, 1.165) is 11.3 Å². The Kier molecular flexibility index (Phi) is 4.06. The zero-order chi connectivity index (χ0) is 13.8. The minimum absolute atomic E-state index is 0.0145. The Morgan fingerprint density at radius 3 is 2.89 bits per heavy atom. The van der Waals surface area contributed by atoms with Crippen LogP contribution in [0.25, 0.3) is 0 Å². The van der Waals surface area contributed by atoms with Gasteiger partial charge >= 0.3 is 6.01 Å². The van der Waals surface area contributed by atoms with Crippen LogP contribution in [-0.4, -0.2) is 17.1 Å². The summed E-state index contributed by atoms with van der Waals surface area (Å²) in [6.07, 6.45) is 1.50. The SMILES string of the molecule is COc1ncc(Cl)c(NC(C)c2cccc(N)c2)n1. The summed E-state index contributed by atoms with van der Waals surface area (Å²) in [5.41, 5.74) is 7.54. The van der Waals surface area contributed by atoms with Gasteiger partial charge in [-0.3, -0.25) is 0 Å². The van der Waals surface area contributed by atoms with E-state index in [1.165, 1.54) is 13.3 Å². The maximum atomic E-state index is 6.05. The van der Waals surface area contributed by atoms with Gasteiger partial charge in [-0.2, -0.15) is 4.98 Å². The van der Waals surface area contributed by atoms with Gasteiger partial charge in [-0.1, -0.05) is 23.7 Å². The Morgan fingerprint density at radius 1 is 1.42 bits per heavy atom. The fourth-order valence-corrected chi connectivity index (χ4v) is 1.81. The van der Waals surface area contributed by atoms with Crippen LogP contribution in [0.3, 0.4) is 0 Å². The molecule has 2 rings (SSSR count). The summed E-state index contributed by atoms with van der Waals surface area (Å²) >= 11 is 6.05. The van der Waals surface area contributed by atoms with Gasteiger partial charge in [-0.15, -0.1) is 0 Å². The third-order valence-corrected chi connectivity index (χ3v) is 2.95. The lowest BCUT2D eigenvalue weighted by Gasteiger charge is -2.16. The highest BCUT2D eigenvalue weighted by Gasteiger charge is 2.11. The van der Waals surface area contributed by atoms with E-state index in [-0.39, 0.29) is 12.1 Å². The average molecular weight is 279 g/mol. The Morgan fingerprint density at radius 2 is 2.21 bits per heavy atom. The molecule has 100 valence electrons. The van der Waals surface area contributed by atoms with Crippen LogP contribution in [-0.2, 0) is 0 Å². The number of nitrogen functional groups attached to an aromatic ring is 1. The third kappa shape index (κ3) is 3.26. The van der Waals surface area contributed by atoms with Crippen LogP contribution in [0, 0.1) is 0 Å². The van der Waals surface area contributed by atoms with E-state index in [9.17, 15) is 0 Å². The van der Waals surface area contributed by atoms with E-state index in [2.05, 4.69) is 15.3 Å². The van der Waals surface area contributed by atoms with E-state index in [1.807, 2.05) is 31.2 Å². The van der Waals surface area contributed by atoms with Crippen molar-refractivity contribution in [2.75, 3.05) is 18.2 Å². The number of rotatable bonds is 4. The van der Waals surface area contributed by atoms with Crippen LogP contribution in [0.15, 0.2) is 30.5 Å². The largest absolute Gasteiger partial charge is 0.467 e. The molecule has 0 radical (unpaired) electrons. The van der Waals surface area contributed by atoms with Gasteiger partial charge in [0.15, 0.2) is 5.82 Å². The van der Waals surface area contributed by atoms with Crippen molar-refractivity contribution in [2.24, 2.45) is 0 Å². The number of hydrogen-bond acceptors (Lipinski definition) is 5. The molecule has 0 spiro atoms. The molecule has 1 aromatic heterocycles. The van der Waals surface area contributed by atoms with Crippen molar-refractivity contribution in [3.63, 3.8) is 0 Å². The van der Waals surface area contributed by atoms with Crippen molar-refractivity contribution >= 4 is 23.1 Å². The average Bonchev–Trinajstić information content (AvgIpc) is 2.41. The number of methoxy groups -OCH3 is 1. The van der Waals surface area contributed by atoms with E-state index < -0.39 is 0 Å². The fourth-order valence-electron chi connectivity index (χ4n) is 1.67. The Balaban J connectivity index is 2.21. The standard InChI is InChI=1S/C13H15ClN4O/c1-8(9-4-3-5-10(15)6-9)17-12-11(14)7-16-13(18-12)19-2/h3-8H,15H2,1-2H3,(H,16,17,18). The molecule has 2 aromatic rings. The Labute approximate surface area is 116 Å². The fraction of sp³-hybridized carbons (Fsp3) is 0.231. The van der Waals surface area contributed by atoms with Gasteiger partial charge in [0.1, 0.15) is 5.02 Å². The quantitative estimate of drug-likeness (QED) is 0.841. The summed E-state index contributed by atoms with van der Waals surface area (Å²) in [7, 11) is 1.51. The number of benzene rings is 1. The predicted molar refractivity (Wildman–Crippen MR) is 76.5 cm³/mol. The Hall–Kier alpha value is -2.01.